The van der Waals surface area contributed by atoms with Gasteiger partial charge >= 0.3 is 0 Å². The highest BCUT2D eigenvalue weighted by Gasteiger charge is 2.25. The molecule has 1 amide bonds. The van der Waals surface area contributed by atoms with Gasteiger partial charge in [-0.25, -0.2) is 0 Å². The number of amides is 1. The summed E-state index contributed by atoms with van der Waals surface area (Å²) < 4.78 is 5.57. The Hall–Kier alpha value is -2.26. The number of benzene rings is 2. The topological polar surface area (TPSA) is 38.3 Å². The van der Waals surface area contributed by atoms with Crippen LogP contribution >= 0.6 is 11.6 Å². The monoisotopic (exact) mass is 339 g/mol. The Bertz CT molecular complexity index is 870. The molecule has 1 N–H and O–H groups in total. The van der Waals surface area contributed by atoms with Gasteiger partial charge in [-0.15, -0.1) is 0 Å². The molecule has 122 valence electrons. The normalized spacial score (nSPS) is 17.4. The number of rotatable bonds is 2. The van der Waals surface area contributed by atoms with Crippen molar-refractivity contribution >= 4 is 34.8 Å². The van der Waals surface area contributed by atoms with Crippen molar-refractivity contribution in [3.63, 3.8) is 0 Å². The van der Waals surface area contributed by atoms with Crippen LogP contribution in [0.2, 0.25) is 5.02 Å². The highest BCUT2D eigenvalue weighted by atomic mass is 35.5. The van der Waals surface area contributed by atoms with Crippen molar-refractivity contribution in [1.29, 1.82) is 0 Å². The molecule has 24 heavy (non-hydrogen) atoms. The van der Waals surface area contributed by atoms with Crippen LogP contribution in [0, 0.1) is 0 Å². The van der Waals surface area contributed by atoms with Crippen molar-refractivity contribution in [3.8, 4) is 5.75 Å². The maximum atomic E-state index is 12.4. The second-order valence-electron chi connectivity index (χ2n) is 6.27. The molecule has 2 aromatic rings. The molecule has 0 bridgehead atoms. The first kappa shape index (κ1) is 15.3. The van der Waals surface area contributed by atoms with E-state index in [0.29, 0.717) is 10.6 Å². The molecule has 1 heterocycles. The number of hydrogen-bond acceptors (Lipinski definition) is 2. The molecule has 2 aromatic carbocycles. The summed E-state index contributed by atoms with van der Waals surface area (Å²) >= 11 is 6.02. The molecule has 1 aliphatic carbocycles. The molecule has 0 aromatic heterocycles. The summed E-state index contributed by atoms with van der Waals surface area (Å²) in [6, 6.07) is 9.75. The Morgan fingerprint density at radius 1 is 1.12 bits per heavy atom. The van der Waals surface area contributed by atoms with Crippen LogP contribution in [0.3, 0.4) is 0 Å². The quantitative estimate of drug-likeness (QED) is 0.804. The van der Waals surface area contributed by atoms with E-state index in [2.05, 4.69) is 17.4 Å². The zero-order valence-electron chi connectivity index (χ0n) is 13.5. The third kappa shape index (κ3) is 2.59. The SMILES string of the molecule is COc1cc2c(cc1/C=C1/C(=O)Nc3cc(Cl)ccc31)CCCC2. The maximum Gasteiger partial charge on any atom is 0.256 e. The molecule has 0 atom stereocenters. The first-order valence-electron chi connectivity index (χ1n) is 8.18. The summed E-state index contributed by atoms with van der Waals surface area (Å²) in [5.74, 6) is 0.713. The predicted molar refractivity (Wildman–Crippen MR) is 97.6 cm³/mol. The Kier molecular flexibility index (Phi) is 3.81. The third-order valence-corrected chi connectivity index (χ3v) is 4.99. The van der Waals surface area contributed by atoms with Crippen LogP contribution in [-0.4, -0.2) is 13.0 Å². The number of aryl methyl sites for hydroxylation is 2. The minimum atomic E-state index is -0.105. The lowest BCUT2D eigenvalue weighted by Gasteiger charge is -2.18. The molecule has 1 aliphatic heterocycles. The number of hydrogen-bond donors (Lipinski definition) is 1. The smallest absolute Gasteiger partial charge is 0.256 e. The standard InChI is InChI=1S/C20H18ClNO2/c1-24-19-10-13-5-3-2-4-12(13)8-14(19)9-17-16-7-6-15(21)11-18(16)22-20(17)23/h6-11H,2-5H2,1H3,(H,22,23)/b17-9+. The molecule has 3 nitrogen and oxygen atoms in total. The van der Waals surface area contributed by atoms with E-state index in [-0.39, 0.29) is 5.91 Å². The van der Waals surface area contributed by atoms with Gasteiger partial charge in [0.2, 0.25) is 0 Å². The average molecular weight is 340 g/mol. The van der Waals surface area contributed by atoms with E-state index in [4.69, 9.17) is 16.3 Å². The van der Waals surface area contributed by atoms with Gasteiger partial charge in [0, 0.05) is 21.7 Å². The molecule has 0 unspecified atom stereocenters. The van der Waals surface area contributed by atoms with Crippen LogP contribution in [0.1, 0.15) is 35.1 Å². The maximum absolute atomic E-state index is 12.4. The number of carbonyl (C=O) groups is 1. The summed E-state index contributed by atoms with van der Waals surface area (Å²) in [6.07, 6.45) is 6.56. The minimum absolute atomic E-state index is 0.105. The van der Waals surface area contributed by atoms with E-state index < -0.39 is 0 Å². The van der Waals surface area contributed by atoms with Crippen LogP contribution in [0.25, 0.3) is 11.6 Å². The first-order valence-corrected chi connectivity index (χ1v) is 8.56. The predicted octanol–water partition coefficient (Wildman–Crippen LogP) is 4.72. The molecule has 4 heteroatoms. The fraction of sp³-hybridized carbons (Fsp3) is 0.250. The summed E-state index contributed by atoms with van der Waals surface area (Å²) in [5, 5.41) is 3.49. The van der Waals surface area contributed by atoms with Gasteiger partial charge in [0.1, 0.15) is 5.75 Å². The second kappa shape index (κ2) is 5.99. The highest BCUT2D eigenvalue weighted by Crippen LogP contribution is 2.37. The number of anilines is 1. The van der Waals surface area contributed by atoms with Crippen LogP contribution in [0.5, 0.6) is 5.75 Å². The van der Waals surface area contributed by atoms with Crippen molar-refractivity contribution in [2.24, 2.45) is 0 Å². The Morgan fingerprint density at radius 2 is 1.88 bits per heavy atom. The molecule has 0 saturated carbocycles. The van der Waals surface area contributed by atoms with Gasteiger partial charge in [0.25, 0.3) is 5.91 Å². The van der Waals surface area contributed by atoms with E-state index in [0.717, 1.165) is 35.4 Å². The van der Waals surface area contributed by atoms with Crippen molar-refractivity contribution in [1.82, 2.24) is 0 Å². The van der Waals surface area contributed by atoms with E-state index >= 15 is 0 Å². The molecule has 0 saturated heterocycles. The van der Waals surface area contributed by atoms with Gasteiger partial charge < -0.3 is 10.1 Å². The fourth-order valence-electron chi connectivity index (χ4n) is 3.54. The summed E-state index contributed by atoms with van der Waals surface area (Å²) in [7, 11) is 1.68. The van der Waals surface area contributed by atoms with Gasteiger partial charge in [-0.3, -0.25) is 4.79 Å². The molecule has 0 radical (unpaired) electrons. The zero-order valence-corrected chi connectivity index (χ0v) is 14.2. The number of halogens is 1. The number of methoxy groups -OCH3 is 1. The summed E-state index contributed by atoms with van der Waals surface area (Å²) in [6.45, 7) is 0. The molecule has 0 fully saturated rings. The van der Waals surface area contributed by atoms with Gasteiger partial charge in [0.15, 0.2) is 0 Å². The van der Waals surface area contributed by atoms with Gasteiger partial charge in [-0.05, 0) is 67.2 Å². The third-order valence-electron chi connectivity index (χ3n) is 4.76. The van der Waals surface area contributed by atoms with Crippen LogP contribution in [0.4, 0.5) is 5.69 Å². The zero-order chi connectivity index (χ0) is 16.7. The molecule has 4 rings (SSSR count). The highest BCUT2D eigenvalue weighted by molar-refractivity contribution is 6.36. The largest absolute Gasteiger partial charge is 0.496 e. The van der Waals surface area contributed by atoms with E-state index in [1.165, 1.54) is 24.0 Å². The number of ether oxygens (including phenoxy) is 1. The van der Waals surface area contributed by atoms with Crippen LogP contribution in [-0.2, 0) is 17.6 Å². The molecular weight excluding hydrogens is 322 g/mol. The first-order chi connectivity index (χ1) is 11.7. The second-order valence-corrected chi connectivity index (χ2v) is 6.71. The number of fused-ring (bicyclic) bond motifs is 2. The van der Waals surface area contributed by atoms with Crippen molar-refractivity contribution in [2.45, 2.75) is 25.7 Å². The van der Waals surface area contributed by atoms with Crippen molar-refractivity contribution in [3.05, 3.63) is 57.6 Å². The number of nitrogens with one attached hydrogen (secondary N) is 1. The summed E-state index contributed by atoms with van der Waals surface area (Å²) in [4.78, 5) is 12.4. The molecular formula is C20H18ClNO2. The molecule has 0 spiro atoms. The lowest BCUT2D eigenvalue weighted by Crippen LogP contribution is -2.05. The fourth-order valence-corrected chi connectivity index (χ4v) is 3.71. The van der Waals surface area contributed by atoms with E-state index in [1.807, 2.05) is 12.1 Å². The minimum Gasteiger partial charge on any atom is -0.496 e. The Balaban J connectivity index is 1.83. The van der Waals surface area contributed by atoms with Gasteiger partial charge in [0.05, 0.1) is 12.8 Å². The Labute approximate surface area is 146 Å². The van der Waals surface area contributed by atoms with Gasteiger partial charge in [-0.2, -0.15) is 0 Å². The average Bonchev–Trinajstić information content (AvgIpc) is 2.89. The summed E-state index contributed by atoms with van der Waals surface area (Å²) in [5.41, 5.74) is 5.97. The van der Waals surface area contributed by atoms with Crippen LogP contribution in [0.15, 0.2) is 30.3 Å². The van der Waals surface area contributed by atoms with E-state index in [9.17, 15) is 4.79 Å². The van der Waals surface area contributed by atoms with Gasteiger partial charge in [-0.1, -0.05) is 17.7 Å². The lowest BCUT2D eigenvalue weighted by molar-refractivity contribution is -0.110. The molecule has 2 aliphatic rings. The van der Waals surface area contributed by atoms with Crippen molar-refractivity contribution < 1.29 is 9.53 Å². The van der Waals surface area contributed by atoms with Crippen molar-refractivity contribution in [2.75, 3.05) is 12.4 Å². The Morgan fingerprint density at radius 3 is 2.62 bits per heavy atom. The lowest BCUT2D eigenvalue weighted by atomic mass is 9.89. The van der Waals surface area contributed by atoms with E-state index in [1.54, 1.807) is 19.2 Å². The van der Waals surface area contributed by atoms with Crippen LogP contribution < -0.4 is 10.1 Å². The number of carbonyl (C=O) groups excluding carboxylic acids is 1.